The van der Waals surface area contributed by atoms with Crippen LogP contribution in [-0.4, -0.2) is 5.78 Å². The van der Waals surface area contributed by atoms with Gasteiger partial charge in [0, 0.05) is 11.3 Å². The topological polar surface area (TPSA) is 17.1 Å². The summed E-state index contributed by atoms with van der Waals surface area (Å²) in [5, 5.41) is 3.97. The quantitative estimate of drug-likeness (QED) is 0.726. The molecular formula is C11H10OS2. The molecule has 0 aliphatic heterocycles. The second-order valence-corrected chi connectivity index (χ2v) is 5.06. The molecule has 1 nitrogen and oxygen atoms in total. The molecule has 0 radical (unpaired) electrons. The summed E-state index contributed by atoms with van der Waals surface area (Å²) in [5.74, 6) is 0.236. The van der Waals surface area contributed by atoms with E-state index in [4.69, 9.17) is 0 Å². The molecule has 14 heavy (non-hydrogen) atoms. The molecule has 2 heterocycles. The number of hydrogen-bond donors (Lipinski definition) is 0. The van der Waals surface area contributed by atoms with Crippen LogP contribution in [0.5, 0.6) is 0 Å². The summed E-state index contributed by atoms with van der Waals surface area (Å²) in [5.41, 5.74) is 1.09. The molecule has 0 unspecified atom stereocenters. The lowest BCUT2D eigenvalue weighted by atomic mass is 10.1. The molecular weight excluding hydrogens is 212 g/mol. The van der Waals surface area contributed by atoms with Gasteiger partial charge in [-0.15, -0.1) is 22.7 Å². The Bertz CT molecular complexity index is 426. The first kappa shape index (κ1) is 9.62. The molecule has 0 atom stereocenters. The molecule has 0 spiro atoms. The highest BCUT2D eigenvalue weighted by Gasteiger charge is 2.11. The van der Waals surface area contributed by atoms with Crippen molar-refractivity contribution in [2.45, 2.75) is 13.3 Å². The Morgan fingerprint density at radius 1 is 1.29 bits per heavy atom. The lowest BCUT2D eigenvalue weighted by Crippen LogP contribution is -2.00. The standard InChI is InChI=1S/C11H10OS2/c1-8-4-6-14-11(8)10(12)7-9-3-2-5-13-9/h2-6H,7H2,1H3. The number of ketones is 1. The summed E-state index contributed by atoms with van der Waals surface area (Å²) >= 11 is 3.17. The lowest BCUT2D eigenvalue weighted by Gasteiger charge is -1.96. The molecule has 0 aliphatic rings. The summed E-state index contributed by atoms with van der Waals surface area (Å²) in [6.07, 6.45) is 0.541. The van der Waals surface area contributed by atoms with Crippen molar-refractivity contribution in [1.82, 2.24) is 0 Å². The first-order valence-electron chi connectivity index (χ1n) is 4.37. The summed E-state index contributed by atoms with van der Waals surface area (Å²) in [7, 11) is 0. The van der Waals surface area contributed by atoms with Crippen molar-refractivity contribution in [2.75, 3.05) is 0 Å². The highest BCUT2D eigenvalue weighted by atomic mass is 32.1. The van der Waals surface area contributed by atoms with Gasteiger partial charge in [-0.1, -0.05) is 6.07 Å². The van der Waals surface area contributed by atoms with E-state index in [1.165, 1.54) is 11.3 Å². The maximum atomic E-state index is 11.8. The predicted molar refractivity (Wildman–Crippen MR) is 61.4 cm³/mol. The fourth-order valence-corrected chi connectivity index (χ4v) is 2.88. The van der Waals surface area contributed by atoms with Crippen molar-refractivity contribution in [1.29, 1.82) is 0 Å². The van der Waals surface area contributed by atoms with Gasteiger partial charge in [-0.3, -0.25) is 4.79 Å². The van der Waals surface area contributed by atoms with Crippen LogP contribution in [-0.2, 0) is 6.42 Å². The van der Waals surface area contributed by atoms with Gasteiger partial charge in [0.25, 0.3) is 0 Å². The monoisotopic (exact) mass is 222 g/mol. The highest BCUT2D eigenvalue weighted by molar-refractivity contribution is 7.12. The van der Waals surface area contributed by atoms with Crippen LogP contribution in [0.1, 0.15) is 20.1 Å². The fourth-order valence-electron chi connectivity index (χ4n) is 1.31. The third-order valence-electron chi connectivity index (χ3n) is 2.03. The molecule has 2 aromatic heterocycles. The van der Waals surface area contributed by atoms with Crippen LogP contribution in [0.3, 0.4) is 0 Å². The third kappa shape index (κ3) is 1.94. The highest BCUT2D eigenvalue weighted by Crippen LogP contribution is 2.19. The number of carbonyl (C=O) groups excluding carboxylic acids is 1. The molecule has 0 saturated heterocycles. The summed E-state index contributed by atoms with van der Waals surface area (Å²) in [6, 6.07) is 5.98. The van der Waals surface area contributed by atoms with Gasteiger partial charge in [-0.05, 0) is 35.4 Å². The number of hydrogen-bond acceptors (Lipinski definition) is 3. The summed E-state index contributed by atoms with van der Waals surface area (Å²) in [4.78, 5) is 13.9. The molecule has 0 amide bonds. The molecule has 0 aliphatic carbocycles. The van der Waals surface area contributed by atoms with E-state index in [-0.39, 0.29) is 5.78 Å². The second kappa shape index (κ2) is 4.07. The minimum atomic E-state index is 0.236. The Kier molecular flexibility index (Phi) is 2.79. The van der Waals surface area contributed by atoms with Crippen molar-refractivity contribution in [3.63, 3.8) is 0 Å². The van der Waals surface area contributed by atoms with Crippen LogP contribution < -0.4 is 0 Å². The van der Waals surface area contributed by atoms with Crippen molar-refractivity contribution in [3.8, 4) is 0 Å². The van der Waals surface area contributed by atoms with Crippen LogP contribution in [0.15, 0.2) is 29.0 Å². The lowest BCUT2D eigenvalue weighted by molar-refractivity contribution is 0.0997. The first-order chi connectivity index (χ1) is 6.77. The molecule has 0 saturated carbocycles. The van der Waals surface area contributed by atoms with E-state index < -0.39 is 0 Å². The van der Waals surface area contributed by atoms with Gasteiger partial charge >= 0.3 is 0 Å². The summed E-state index contributed by atoms with van der Waals surface area (Å²) < 4.78 is 0. The fraction of sp³-hybridized carbons (Fsp3) is 0.182. The smallest absolute Gasteiger partial charge is 0.178 e. The van der Waals surface area contributed by atoms with Crippen molar-refractivity contribution in [2.24, 2.45) is 0 Å². The van der Waals surface area contributed by atoms with E-state index in [9.17, 15) is 4.79 Å². The molecule has 0 fully saturated rings. The van der Waals surface area contributed by atoms with E-state index in [1.54, 1.807) is 11.3 Å². The van der Waals surface area contributed by atoms with Gasteiger partial charge in [0.15, 0.2) is 5.78 Å². The Morgan fingerprint density at radius 2 is 2.14 bits per heavy atom. The van der Waals surface area contributed by atoms with Crippen LogP contribution in [0.25, 0.3) is 0 Å². The zero-order valence-electron chi connectivity index (χ0n) is 7.82. The number of thiophene rings is 2. The number of rotatable bonds is 3. The Balaban J connectivity index is 2.14. The molecule has 2 aromatic rings. The predicted octanol–water partition coefficient (Wildman–Crippen LogP) is 3.54. The maximum Gasteiger partial charge on any atom is 0.178 e. The third-order valence-corrected chi connectivity index (χ3v) is 3.96. The Labute approximate surface area is 91.0 Å². The molecule has 2 rings (SSSR count). The van der Waals surface area contributed by atoms with Crippen molar-refractivity contribution in [3.05, 3.63) is 44.3 Å². The Hall–Kier alpha value is -0.930. The normalized spacial score (nSPS) is 10.4. The minimum Gasteiger partial charge on any atom is -0.293 e. The maximum absolute atomic E-state index is 11.8. The van der Waals surface area contributed by atoms with Gasteiger partial charge in [0.05, 0.1) is 4.88 Å². The van der Waals surface area contributed by atoms with E-state index in [0.717, 1.165) is 15.3 Å². The van der Waals surface area contributed by atoms with Gasteiger partial charge in [-0.2, -0.15) is 0 Å². The van der Waals surface area contributed by atoms with Crippen LogP contribution in [0.2, 0.25) is 0 Å². The van der Waals surface area contributed by atoms with Gasteiger partial charge in [0.2, 0.25) is 0 Å². The number of Topliss-reactive ketones (excluding diaryl/α,β-unsaturated/α-hetero) is 1. The molecule has 0 bridgehead atoms. The van der Waals surface area contributed by atoms with Gasteiger partial charge < -0.3 is 0 Å². The second-order valence-electron chi connectivity index (χ2n) is 3.11. The average Bonchev–Trinajstić information content (AvgIpc) is 2.75. The summed E-state index contributed by atoms with van der Waals surface area (Å²) in [6.45, 7) is 1.98. The molecule has 0 N–H and O–H groups in total. The van der Waals surface area contributed by atoms with Crippen LogP contribution in [0.4, 0.5) is 0 Å². The van der Waals surface area contributed by atoms with E-state index in [0.29, 0.717) is 6.42 Å². The number of carbonyl (C=O) groups is 1. The van der Waals surface area contributed by atoms with Crippen LogP contribution in [0, 0.1) is 6.92 Å². The zero-order chi connectivity index (χ0) is 9.97. The zero-order valence-corrected chi connectivity index (χ0v) is 9.45. The largest absolute Gasteiger partial charge is 0.293 e. The molecule has 0 aromatic carbocycles. The first-order valence-corrected chi connectivity index (χ1v) is 6.13. The number of aryl methyl sites for hydroxylation is 1. The molecule has 3 heteroatoms. The minimum absolute atomic E-state index is 0.236. The van der Waals surface area contributed by atoms with E-state index in [2.05, 4.69) is 0 Å². The SMILES string of the molecule is Cc1ccsc1C(=O)Cc1cccs1. The van der Waals surface area contributed by atoms with Crippen molar-refractivity contribution >= 4 is 28.5 Å². The molecule has 72 valence electrons. The Morgan fingerprint density at radius 3 is 2.71 bits per heavy atom. The van der Waals surface area contributed by atoms with Crippen LogP contribution >= 0.6 is 22.7 Å². The average molecular weight is 222 g/mol. The van der Waals surface area contributed by atoms with Gasteiger partial charge in [-0.25, -0.2) is 0 Å². The van der Waals surface area contributed by atoms with E-state index in [1.807, 2.05) is 35.9 Å². The van der Waals surface area contributed by atoms with E-state index >= 15 is 0 Å². The van der Waals surface area contributed by atoms with Gasteiger partial charge in [0.1, 0.15) is 0 Å². The van der Waals surface area contributed by atoms with Crippen molar-refractivity contribution < 1.29 is 4.79 Å².